The van der Waals surface area contributed by atoms with Crippen LogP contribution in [0.4, 0.5) is 5.69 Å². The molecule has 0 saturated heterocycles. The Kier molecular flexibility index (Phi) is 5.54. The van der Waals surface area contributed by atoms with Crippen molar-refractivity contribution in [3.63, 3.8) is 0 Å². The Morgan fingerprint density at radius 2 is 1.65 bits per heavy atom. The minimum absolute atomic E-state index is 0.102. The number of aryl methyl sites for hydroxylation is 1. The molecule has 0 spiro atoms. The van der Waals surface area contributed by atoms with Crippen molar-refractivity contribution in [3.05, 3.63) is 88.4 Å². The van der Waals surface area contributed by atoms with Crippen molar-refractivity contribution in [2.75, 3.05) is 0 Å². The highest BCUT2D eigenvalue weighted by Gasteiger charge is 2.18. The van der Waals surface area contributed by atoms with E-state index in [0.717, 1.165) is 15.7 Å². The molecular formula is C20H16BrNO3S. The summed E-state index contributed by atoms with van der Waals surface area (Å²) < 4.78 is 31.1. The maximum absolute atomic E-state index is 12.5. The van der Waals surface area contributed by atoms with Gasteiger partial charge in [0, 0.05) is 16.3 Å². The Morgan fingerprint density at radius 3 is 2.38 bits per heavy atom. The first-order chi connectivity index (χ1) is 12.5. The molecule has 0 atom stereocenters. The summed E-state index contributed by atoms with van der Waals surface area (Å²) in [5.41, 5.74) is 2.39. The van der Waals surface area contributed by atoms with E-state index in [9.17, 15) is 8.42 Å². The van der Waals surface area contributed by atoms with Gasteiger partial charge in [0.2, 0.25) is 0 Å². The molecule has 0 fully saturated rings. The molecular weight excluding hydrogens is 414 g/mol. The fourth-order valence-electron chi connectivity index (χ4n) is 2.30. The predicted molar refractivity (Wildman–Crippen MR) is 107 cm³/mol. The average molecular weight is 430 g/mol. The second-order valence-corrected chi connectivity index (χ2v) is 8.04. The third-order valence-corrected chi connectivity index (χ3v) is 5.40. The van der Waals surface area contributed by atoms with Gasteiger partial charge in [0.1, 0.15) is 4.90 Å². The lowest BCUT2D eigenvalue weighted by Crippen LogP contribution is -2.10. The van der Waals surface area contributed by atoms with E-state index in [1.807, 2.05) is 31.2 Å². The van der Waals surface area contributed by atoms with Gasteiger partial charge in [0.25, 0.3) is 0 Å². The zero-order chi connectivity index (χ0) is 18.6. The topological polar surface area (TPSA) is 55.7 Å². The van der Waals surface area contributed by atoms with Crippen LogP contribution in [0.15, 0.2) is 87.2 Å². The first kappa shape index (κ1) is 18.4. The van der Waals surface area contributed by atoms with E-state index < -0.39 is 10.1 Å². The Hall–Kier alpha value is -2.44. The molecule has 0 unspecified atom stereocenters. The van der Waals surface area contributed by atoms with Crippen LogP contribution in [-0.2, 0) is 10.1 Å². The molecule has 0 N–H and O–H groups in total. The van der Waals surface area contributed by atoms with Crippen LogP contribution < -0.4 is 4.18 Å². The number of rotatable bonds is 5. The van der Waals surface area contributed by atoms with E-state index >= 15 is 0 Å². The lowest BCUT2D eigenvalue weighted by atomic mass is 10.2. The van der Waals surface area contributed by atoms with Crippen molar-refractivity contribution in [1.29, 1.82) is 0 Å². The summed E-state index contributed by atoms with van der Waals surface area (Å²) >= 11 is 3.39. The standard InChI is InChI=1S/C20H16BrNO3S/c1-15-7-5-6-10-19(15)22-14-16-13-17(21)11-12-20(16)25-26(23,24)18-8-3-2-4-9-18/h2-14H,1H3. The van der Waals surface area contributed by atoms with E-state index in [1.165, 1.54) is 12.1 Å². The third-order valence-electron chi connectivity index (χ3n) is 3.66. The van der Waals surface area contributed by atoms with Gasteiger partial charge in [-0.15, -0.1) is 0 Å². The maximum atomic E-state index is 12.5. The summed E-state index contributed by atoms with van der Waals surface area (Å²) in [5.74, 6) is 0.217. The molecule has 0 bridgehead atoms. The molecule has 6 heteroatoms. The summed E-state index contributed by atoms with van der Waals surface area (Å²) in [6, 6.07) is 20.8. The number of aliphatic imine (C=N–C) groups is 1. The van der Waals surface area contributed by atoms with Crippen LogP contribution in [0, 0.1) is 6.92 Å². The third kappa shape index (κ3) is 4.39. The fraction of sp³-hybridized carbons (Fsp3) is 0.0500. The second-order valence-electron chi connectivity index (χ2n) is 5.58. The molecule has 0 heterocycles. The van der Waals surface area contributed by atoms with E-state index in [-0.39, 0.29) is 10.6 Å². The van der Waals surface area contributed by atoms with Gasteiger partial charge in [-0.25, -0.2) is 0 Å². The SMILES string of the molecule is Cc1ccccc1N=Cc1cc(Br)ccc1OS(=O)(=O)c1ccccc1. The molecule has 3 aromatic carbocycles. The number of hydrogen-bond donors (Lipinski definition) is 0. The highest BCUT2D eigenvalue weighted by atomic mass is 79.9. The van der Waals surface area contributed by atoms with Crippen LogP contribution in [0.2, 0.25) is 0 Å². The van der Waals surface area contributed by atoms with Gasteiger partial charge in [0.05, 0.1) is 5.69 Å². The smallest absolute Gasteiger partial charge is 0.339 e. The van der Waals surface area contributed by atoms with Gasteiger partial charge in [-0.2, -0.15) is 8.42 Å². The summed E-state index contributed by atoms with van der Waals surface area (Å²) in [5, 5.41) is 0. The van der Waals surface area contributed by atoms with E-state index in [1.54, 1.807) is 42.6 Å². The van der Waals surface area contributed by atoms with Crippen LogP contribution >= 0.6 is 15.9 Å². The van der Waals surface area contributed by atoms with Crippen molar-refractivity contribution < 1.29 is 12.6 Å². The lowest BCUT2D eigenvalue weighted by molar-refractivity contribution is 0.485. The Morgan fingerprint density at radius 1 is 0.962 bits per heavy atom. The second kappa shape index (κ2) is 7.85. The molecule has 26 heavy (non-hydrogen) atoms. The lowest BCUT2D eigenvalue weighted by Gasteiger charge is -2.10. The number of halogens is 1. The number of benzene rings is 3. The zero-order valence-electron chi connectivity index (χ0n) is 14.0. The van der Waals surface area contributed by atoms with Crippen LogP contribution in [0.5, 0.6) is 5.75 Å². The zero-order valence-corrected chi connectivity index (χ0v) is 16.4. The maximum Gasteiger partial charge on any atom is 0.339 e. The summed E-state index contributed by atoms with van der Waals surface area (Å²) in [6.45, 7) is 1.96. The van der Waals surface area contributed by atoms with Crippen molar-refractivity contribution >= 4 is 38.0 Å². The first-order valence-electron chi connectivity index (χ1n) is 7.84. The minimum Gasteiger partial charge on any atom is -0.378 e. The highest BCUT2D eigenvalue weighted by molar-refractivity contribution is 9.10. The van der Waals surface area contributed by atoms with Gasteiger partial charge in [-0.1, -0.05) is 52.3 Å². The van der Waals surface area contributed by atoms with Gasteiger partial charge in [-0.05, 0) is 48.9 Å². The largest absolute Gasteiger partial charge is 0.378 e. The molecule has 3 aromatic rings. The quantitative estimate of drug-likeness (QED) is 0.409. The molecule has 0 aliphatic heterocycles. The minimum atomic E-state index is -3.92. The highest BCUT2D eigenvalue weighted by Crippen LogP contribution is 2.26. The number of nitrogens with zero attached hydrogens (tertiary/aromatic N) is 1. The van der Waals surface area contributed by atoms with Crippen LogP contribution in [0.25, 0.3) is 0 Å². The van der Waals surface area contributed by atoms with Gasteiger partial charge >= 0.3 is 10.1 Å². The molecule has 3 rings (SSSR count). The molecule has 0 aliphatic rings. The monoisotopic (exact) mass is 429 g/mol. The van der Waals surface area contributed by atoms with E-state index in [4.69, 9.17) is 4.18 Å². The van der Waals surface area contributed by atoms with Crippen molar-refractivity contribution in [2.24, 2.45) is 4.99 Å². The van der Waals surface area contributed by atoms with Gasteiger partial charge in [0.15, 0.2) is 5.75 Å². The van der Waals surface area contributed by atoms with Crippen LogP contribution in [-0.4, -0.2) is 14.6 Å². The molecule has 0 saturated carbocycles. The Labute approximate surface area is 161 Å². The summed E-state index contributed by atoms with van der Waals surface area (Å²) in [7, 11) is -3.92. The number of para-hydroxylation sites is 1. The van der Waals surface area contributed by atoms with Crippen LogP contribution in [0.3, 0.4) is 0 Å². The molecule has 0 radical (unpaired) electrons. The molecule has 0 amide bonds. The fourth-order valence-corrected chi connectivity index (χ4v) is 3.65. The van der Waals surface area contributed by atoms with Crippen molar-refractivity contribution in [3.8, 4) is 5.75 Å². The normalized spacial score (nSPS) is 11.6. The molecule has 4 nitrogen and oxygen atoms in total. The van der Waals surface area contributed by atoms with Crippen LogP contribution in [0.1, 0.15) is 11.1 Å². The van der Waals surface area contributed by atoms with E-state index in [0.29, 0.717) is 5.56 Å². The first-order valence-corrected chi connectivity index (χ1v) is 10.0. The van der Waals surface area contributed by atoms with Crippen molar-refractivity contribution in [2.45, 2.75) is 11.8 Å². The summed E-state index contributed by atoms with van der Waals surface area (Å²) in [4.78, 5) is 4.56. The van der Waals surface area contributed by atoms with Crippen molar-refractivity contribution in [1.82, 2.24) is 0 Å². The number of hydrogen-bond acceptors (Lipinski definition) is 4. The van der Waals surface area contributed by atoms with E-state index in [2.05, 4.69) is 20.9 Å². The van der Waals surface area contributed by atoms with Gasteiger partial charge < -0.3 is 4.18 Å². The molecule has 0 aliphatic carbocycles. The Balaban J connectivity index is 1.95. The average Bonchev–Trinajstić information content (AvgIpc) is 2.63. The molecule has 0 aromatic heterocycles. The Bertz CT molecular complexity index is 1050. The summed E-state index contributed by atoms with van der Waals surface area (Å²) in [6.07, 6.45) is 1.60. The van der Waals surface area contributed by atoms with Gasteiger partial charge in [-0.3, -0.25) is 4.99 Å². The molecule has 132 valence electrons. The predicted octanol–water partition coefficient (Wildman–Crippen LogP) is 5.28.